The monoisotopic (exact) mass is 481 g/mol. The summed E-state index contributed by atoms with van der Waals surface area (Å²) in [6.07, 6.45) is 7.45. The number of benzene rings is 2. The Labute approximate surface area is 199 Å². The van der Waals surface area contributed by atoms with Crippen LogP contribution in [-0.4, -0.2) is 36.7 Å². The van der Waals surface area contributed by atoms with Gasteiger partial charge in [-0.15, -0.1) is 11.8 Å². The van der Waals surface area contributed by atoms with Crippen molar-refractivity contribution in [2.24, 2.45) is 0 Å². The van der Waals surface area contributed by atoms with E-state index in [1.54, 1.807) is 40.5 Å². The smallest absolute Gasteiger partial charge is 0.255 e. The first-order valence-electron chi connectivity index (χ1n) is 11.1. The molecule has 33 heavy (non-hydrogen) atoms. The Morgan fingerprint density at radius 3 is 2.42 bits per heavy atom. The van der Waals surface area contributed by atoms with Crippen molar-refractivity contribution < 1.29 is 13.2 Å². The van der Waals surface area contributed by atoms with E-state index in [4.69, 9.17) is 0 Å². The number of carbonyl (C=O) groups is 1. The van der Waals surface area contributed by atoms with E-state index in [-0.39, 0.29) is 10.8 Å². The minimum Gasteiger partial charge on any atom is -0.322 e. The van der Waals surface area contributed by atoms with Crippen LogP contribution in [-0.2, 0) is 15.8 Å². The number of hydrogen-bond acceptors (Lipinski definition) is 5. The van der Waals surface area contributed by atoms with Crippen molar-refractivity contribution in [3.63, 3.8) is 0 Å². The minimum atomic E-state index is -3.60. The van der Waals surface area contributed by atoms with Gasteiger partial charge in [-0.25, -0.2) is 8.42 Å². The summed E-state index contributed by atoms with van der Waals surface area (Å²) in [5.41, 5.74) is 2.13. The van der Waals surface area contributed by atoms with E-state index < -0.39 is 10.0 Å². The van der Waals surface area contributed by atoms with Gasteiger partial charge in [0.1, 0.15) is 0 Å². The van der Waals surface area contributed by atoms with Crippen molar-refractivity contribution in [1.29, 1.82) is 0 Å². The lowest BCUT2D eigenvalue weighted by atomic mass is 10.2. The molecule has 0 unspecified atom stereocenters. The number of thioether (sulfide) groups is 1. The van der Waals surface area contributed by atoms with E-state index in [1.165, 1.54) is 6.07 Å². The molecular formula is C25H27N3O3S2. The summed E-state index contributed by atoms with van der Waals surface area (Å²) in [6, 6.07) is 17.8. The highest BCUT2D eigenvalue weighted by Gasteiger charge is 2.25. The normalized spacial score (nSPS) is 15.0. The lowest BCUT2D eigenvalue weighted by Gasteiger charge is -2.20. The molecule has 0 aliphatic carbocycles. The van der Waals surface area contributed by atoms with Crippen molar-refractivity contribution in [3.05, 3.63) is 84.2 Å². The van der Waals surface area contributed by atoms with E-state index in [1.807, 2.05) is 42.6 Å². The van der Waals surface area contributed by atoms with Crippen LogP contribution in [0.1, 0.15) is 41.6 Å². The largest absolute Gasteiger partial charge is 0.322 e. The SMILES string of the molecule is O=C(Nc1ccc(SCc2cccnc2)cc1)c1cccc(S(=O)(=O)N2CCCCCC2)c1. The molecule has 0 spiro atoms. The standard InChI is InChI=1S/C25H27N3O3S2/c29-25(27-22-10-12-23(13-11-22)32-19-20-7-6-14-26-18-20)21-8-5-9-24(17-21)33(30,31)28-15-3-1-2-4-16-28/h5-14,17-18H,1-4,15-16,19H2,(H,27,29). The van der Waals surface area contributed by atoms with E-state index in [0.717, 1.165) is 41.9 Å². The lowest BCUT2D eigenvalue weighted by Crippen LogP contribution is -2.32. The molecule has 1 N–H and O–H groups in total. The van der Waals surface area contributed by atoms with E-state index >= 15 is 0 Å². The fraction of sp³-hybridized carbons (Fsp3) is 0.280. The van der Waals surface area contributed by atoms with Crippen LogP contribution in [0.4, 0.5) is 5.69 Å². The zero-order chi connectivity index (χ0) is 23.1. The van der Waals surface area contributed by atoms with Gasteiger partial charge in [-0.1, -0.05) is 25.0 Å². The molecule has 1 fully saturated rings. The number of pyridine rings is 1. The predicted molar refractivity (Wildman–Crippen MR) is 132 cm³/mol. The second kappa shape index (κ2) is 11.0. The van der Waals surface area contributed by atoms with Gasteiger partial charge in [0.2, 0.25) is 10.0 Å². The Morgan fingerprint density at radius 2 is 1.73 bits per heavy atom. The average Bonchev–Trinajstić information content (AvgIpc) is 3.15. The van der Waals surface area contributed by atoms with Crippen molar-refractivity contribution >= 4 is 33.4 Å². The van der Waals surface area contributed by atoms with Gasteiger partial charge < -0.3 is 5.32 Å². The molecule has 2 heterocycles. The van der Waals surface area contributed by atoms with Crippen molar-refractivity contribution in [2.45, 2.75) is 41.2 Å². The summed E-state index contributed by atoms with van der Waals surface area (Å²) >= 11 is 1.69. The van der Waals surface area contributed by atoms with Crippen LogP contribution in [0.15, 0.2) is 82.8 Å². The zero-order valence-corrected chi connectivity index (χ0v) is 19.9. The third kappa shape index (κ3) is 6.22. The quantitative estimate of drug-likeness (QED) is 0.470. The number of amides is 1. The molecule has 0 bridgehead atoms. The van der Waals surface area contributed by atoms with Gasteiger partial charge in [-0.2, -0.15) is 4.31 Å². The Hall–Kier alpha value is -2.68. The first kappa shape index (κ1) is 23.5. The van der Waals surface area contributed by atoms with Gasteiger partial charge in [0.05, 0.1) is 4.90 Å². The molecule has 3 aromatic rings. The number of sulfonamides is 1. The van der Waals surface area contributed by atoms with E-state index in [2.05, 4.69) is 10.3 Å². The molecule has 1 aromatic heterocycles. The van der Waals surface area contributed by atoms with Gasteiger partial charge >= 0.3 is 0 Å². The van der Waals surface area contributed by atoms with Crippen LogP contribution < -0.4 is 5.32 Å². The number of rotatable bonds is 7. The Bertz CT molecular complexity index is 1180. The molecule has 0 radical (unpaired) electrons. The molecule has 1 amide bonds. The highest BCUT2D eigenvalue weighted by atomic mass is 32.2. The van der Waals surface area contributed by atoms with Crippen molar-refractivity contribution in [3.8, 4) is 0 Å². The lowest BCUT2D eigenvalue weighted by molar-refractivity contribution is 0.102. The second-order valence-corrected chi connectivity index (χ2v) is 11.0. The zero-order valence-electron chi connectivity index (χ0n) is 18.3. The molecule has 2 aromatic carbocycles. The van der Waals surface area contributed by atoms with Gasteiger partial charge in [-0.05, 0) is 66.9 Å². The number of nitrogens with one attached hydrogen (secondary N) is 1. The summed E-state index contributed by atoms with van der Waals surface area (Å²) in [5, 5.41) is 2.86. The van der Waals surface area contributed by atoms with Crippen LogP contribution >= 0.6 is 11.8 Å². The topological polar surface area (TPSA) is 79.4 Å². The number of hydrogen-bond donors (Lipinski definition) is 1. The molecule has 172 valence electrons. The molecule has 1 aliphatic heterocycles. The van der Waals surface area contributed by atoms with Gasteiger partial charge in [0.25, 0.3) is 5.91 Å². The third-order valence-electron chi connectivity index (χ3n) is 5.54. The van der Waals surface area contributed by atoms with E-state index in [9.17, 15) is 13.2 Å². The summed E-state index contributed by atoms with van der Waals surface area (Å²) in [4.78, 5) is 18.2. The second-order valence-electron chi connectivity index (χ2n) is 7.97. The maximum Gasteiger partial charge on any atom is 0.255 e. The molecule has 1 saturated heterocycles. The molecule has 8 heteroatoms. The van der Waals surface area contributed by atoms with Crippen molar-refractivity contribution in [1.82, 2.24) is 9.29 Å². The Morgan fingerprint density at radius 1 is 0.970 bits per heavy atom. The number of anilines is 1. The summed E-state index contributed by atoms with van der Waals surface area (Å²) in [5.74, 6) is 0.483. The molecule has 1 aliphatic rings. The van der Waals surface area contributed by atoms with Gasteiger partial charge in [0.15, 0.2) is 0 Å². The molecule has 0 saturated carbocycles. The fourth-order valence-electron chi connectivity index (χ4n) is 3.72. The average molecular weight is 482 g/mol. The van der Waals surface area contributed by atoms with Crippen LogP contribution in [0.5, 0.6) is 0 Å². The fourth-order valence-corrected chi connectivity index (χ4v) is 6.11. The maximum atomic E-state index is 13.1. The summed E-state index contributed by atoms with van der Waals surface area (Å²) in [6.45, 7) is 1.06. The predicted octanol–water partition coefficient (Wildman–Crippen LogP) is 5.19. The minimum absolute atomic E-state index is 0.166. The van der Waals surface area contributed by atoms with E-state index in [0.29, 0.717) is 24.3 Å². The summed E-state index contributed by atoms with van der Waals surface area (Å²) in [7, 11) is -3.60. The van der Waals surface area contributed by atoms with Gasteiger partial charge in [-0.3, -0.25) is 9.78 Å². The Balaban J connectivity index is 1.40. The molecule has 0 atom stereocenters. The highest BCUT2D eigenvalue weighted by molar-refractivity contribution is 7.98. The molecule has 4 rings (SSSR count). The van der Waals surface area contributed by atoms with Crippen LogP contribution in [0.2, 0.25) is 0 Å². The van der Waals surface area contributed by atoms with Crippen LogP contribution in [0, 0.1) is 0 Å². The van der Waals surface area contributed by atoms with Crippen LogP contribution in [0.25, 0.3) is 0 Å². The van der Waals surface area contributed by atoms with Crippen LogP contribution in [0.3, 0.4) is 0 Å². The first-order chi connectivity index (χ1) is 16.0. The van der Waals surface area contributed by atoms with Crippen molar-refractivity contribution in [2.75, 3.05) is 18.4 Å². The first-order valence-corrected chi connectivity index (χ1v) is 13.5. The highest BCUT2D eigenvalue weighted by Crippen LogP contribution is 2.25. The number of nitrogens with zero attached hydrogens (tertiary/aromatic N) is 2. The van der Waals surface area contributed by atoms with Gasteiger partial charge in [0, 0.05) is 47.4 Å². The number of carbonyl (C=O) groups excluding carboxylic acids is 1. The molecule has 6 nitrogen and oxygen atoms in total. The third-order valence-corrected chi connectivity index (χ3v) is 8.52. The molecular weight excluding hydrogens is 454 g/mol. The Kier molecular flexibility index (Phi) is 7.80. The summed E-state index contributed by atoms with van der Waals surface area (Å²) < 4.78 is 27.7. The maximum absolute atomic E-state index is 13.1. The number of aromatic nitrogens is 1.